The van der Waals surface area contributed by atoms with Crippen molar-refractivity contribution in [1.82, 2.24) is 4.90 Å². The smallest absolute Gasteiger partial charge is 0.255 e. The number of fused-ring (bicyclic) bond motifs is 3. The predicted molar refractivity (Wildman–Crippen MR) is 111 cm³/mol. The molecule has 4 rings (SSSR count). The summed E-state index contributed by atoms with van der Waals surface area (Å²) in [6.45, 7) is 0. The van der Waals surface area contributed by atoms with E-state index in [-0.39, 0.29) is 35.7 Å². The molecule has 1 amide bonds. The number of aliphatic hydroxyl groups is 3. The van der Waals surface area contributed by atoms with Gasteiger partial charge in [-0.1, -0.05) is 12.1 Å². The Hall–Kier alpha value is -2.88. The lowest BCUT2D eigenvalue weighted by Gasteiger charge is -2.50. The molecule has 166 valence electrons. The molecule has 1 aromatic carbocycles. The Morgan fingerprint density at radius 3 is 2.42 bits per heavy atom. The van der Waals surface area contributed by atoms with Gasteiger partial charge in [0.15, 0.2) is 11.4 Å². The number of aliphatic hydroxyl groups excluding tert-OH is 2. The van der Waals surface area contributed by atoms with Crippen molar-refractivity contribution in [3.05, 3.63) is 46.2 Å². The number of rotatable bonds is 2. The highest BCUT2D eigenvalue weighted by Gasteiger charge is 2.64. The summed E-state index contributed by atoms with van der Waals surface area (Å²) in [6, 6.07) is 3.62. The van der Waals surface area contributed by atoms with Crippen molar-refractivity contribution in [2.45, 2.75) is 24.5 Å². The van der Waals surface area contributed by atoms with Crippen LogP contribution < -0.4 is 5.73 Å². The van der Waals surface area contributed by atoms with E-state index in [4.69, 9.17) is 5.73 Å². The largest absolute Gasteiger partial charge is 0.508 e. The molecule has 3 aliphatic rings. The molecule has 0 spiro atoms. The minimum atomic E-state index is -2.60. The van der Waals surface area contributed by atoms with E-state index < -0.39 is 58.0 Å². The van der Waals surface area contributed by atoms with Crippen LogP contribution >= 0.6 is 12.4 Å². The molecule has 0 aliphatic heterocycles. The Labute approximate surface area is 183 Å². The number of likely N-dealkylation sites (N-methyl/N-ethyl adjacent to an activating group) is 1. The summed E-state index contributed by atoms with van der Waals surface area (Å²) in [5.41, 5.74) is 2.41. The number of benzene rings is 1. The number of nitrogens with two attached hydrogens (primary N) is 1. The average molecular weight is 451 g/mol. The van der Waals surface area contributed by atoms with Crippen LogP contribution in [0.4, 0.5) is 0 Å². The number of carbonyl (C=O) groups is 3. The zero-order valence-corrected chi connectivity index (χ0v) is 17.6. The zero-order valence-electron chi connectivity index (χ0n) is 16.8. The SMILES string of the molecule is CN(C)[C@H]1C(=O)C(C(N)=O)=C(O)[C@]2(O)C(=O)C3=C(O)c4c(O)cccc4C[C@@H]3C[C@H]12.Cl. The number of hydrogen-bond acceptors (Lipinski definition) is 8. The molecule has 0 unspecified atom stereocenters. The van der Waals surface area contributed by atoms with Crippen molar-refractivity contribution in [3.63, 3.8) is 0 Å². The second-order valence-corrected chi connectivity index (χ2v) is 8.27. The summed E-state index contributed by atoms with van der Waals surface area (Å²) in [4.78, 5) is 39.7. The lowest BCUT2D eigenvalue weighted by atomic mass is 9.57. The summed E-state index contributed by atoms with van der Waals surface area (Å²) < 4.78 is 0. The minimum Gasteiger partial charge on any atom is -0.508 e. The Kier molecular flexibility index (Phi) is 5.42. The van der Waals surface area contributed by atoms with Crippen LogP contribution in [0.5, 0.6) is 5.75 Å². The van der Waals surface area contributed by atoms with E-state index in [9.17, 15) is 34.8 Å². The highest BCUT2D eigenvalue weighted by Crippen LogP contribution is 2.52. The first kappa shape index (κ1) is 22.8. The molecular weight excluding hydrogens is 428 g/mol. The molecule has 4 atom stereocenters. The highest BCUT2D eigenvalue weighted by atomic mass is 35.5. The number of phenolic OH excluding ortho intramolecular Hbond substituents is 1. The summed E-state index contributed by atoms with van der Waals surface area (Å²) in [5.74, 6) is -6.43. The van der Waals surface area contributed by atoms with E-state index >= 15 is 0 Å². The molecule has 31 heavy (non-hydrogen) atoms. The third kappa shape index (κ3) is 2.88. The van der Waals surface area contributed by atoms with Crippen molar-refractivity contribution >= 4 is 35.6 Å². The van der Waals surface area contributed by atoms with E-state index in [1.165, 1.54) is 11.0 Å². The van der Waals surface area contributed by atoms with Gasteiger partial charge in [-0.05, 0) is 44.5 Å². The molecule has 0 saturated heterocycles. The normalized spacial score (nSPS) is 29.9. The molecule has 0 bridgehead atoms. The van der Waals surface area contributed by atoms with Crippen LogP contribution in [0, 0.1) is 11.8 Å². The number of nitrogens with zero attached hydrogens (tertiary/aromatic N) is 1. The van der Waals surface area contributed by atoms with Crippen LogP contribution in [0.15, 0.2) is 35.1 Å². The maximum atomic E-state index is 13.5. The maximum Gasteiger partial charge on any atom is 0.255 e. The van der Waals surface area contributed by atoms with Gasteiger partial charge in [0.25, 0.3) is 5.91 Å². The van der Waals surface area contributed by atoms with Crippen molar-refractivity contribution in [3.8, 4) is 5.75 Å². The quantitative estimate of drug-likeness (QED) is 0.404. The van der Waals surface area contributed by atoms with E-state index in [1.54, 1.807) is 26.2 Å². The molecule has 0 aromatic heterocycles. The molecule has 1 fully saturated rings. The Bertz CT molecular complexity index is 1080. The van der Waals surface area contributed by atoms with Gasteiger partial charge in [0.1, 0.15) is 22.8 Å². The van der Waals surface area contributed by atoms with Crippen LogP contribution in [-0.2, 0) is 20.8 Å². The maximum absolute atomic E-state index is 13.5. The van der Waals surface area contributed by atoms with Gasteiger partial charge in [-0.2, -0.15) is 0 Å². The number of amides is 1. The Balaban J connectivity index is 0.00000272. The first-order chi connectivity index (χ1) is 14.0. The van der Waals surface area contributed by atoms with E-state index in [0.717, 1.165) is 0 Å². The van der Waals surface area contributed by atoms with Gasteiger partial charge < -0.3 is 26.2 Å². The van der Waals surface area contributed by atoms with Gasteiger partial charge in [-0.25, -0.2) is 0 Å². The number of hydrogen-bond donors (Lipinski definition) is 5. The van der Waals surface area contributed by atoms with Crippen LogP contribution in [0.2, 0.25) is 0 Å². The van der Waals surface area contributed by atoms with Gasteiger partial charge in [-0.15, -0.1) is 12.4 Å². The molecule has 0 heterocycles. The first-order valence-electron chi connectivity index (χ1n) is 9.47. The fourth-order valence-electron chi connectivity index (χ4n) is 5.18. The van der Waals surface area contributed by atoms with Gasteiger partial charge in [0, 0.05) is 11.5 Å². The van der Waals surface area contributed by atoms with Gasteiger partial charge in [-0.3, -0.25) is 19.3 Å². The number of primary amides is 1. The Morgan fingerprint density at radius 1 is 1.19 bits per heavy atom. The van der Waals surface area contributed by atoms with Crippen molar-refractivity contribution in [1.29, 1.82) is 0 Å². The van der Waals surface area contributed by atoms with Gasteiger partial charge in [0.05, 0.1) is 11.6 Å². The van der Waals surface area contributed by atoms with Crippen LogP contribution in [0.3, 0.4) is 0 Å². The molecule has 1 aromatic rings. The number of Topliss-reactive ketones (excluding diaryl/α,β-unsaturated/α-hetero) is 2. The van der Waals surface area contributed by atoms with E-state index in [0.29, 0.717) is 12.0 Å². The third-order valence-corrected chi connectivity index (χ3v) is 6.46. The standard InChI is InChI=1S/C21H22N2O7.ClH/c1-23(2)15-10-7-9-6-8-4-3-5-11(24)12(8)16(25)13(9)18(27)21(10,30)19(28)14(17(15)26)20(22)29;/h3-5,9-10,15,24-25,28,30H,6-7H2,1-2H3,(H2,22,29);1H/t9-,10-,15-,21-;/m1./s1. The first-order valence-corrected chi connectivity index (χ1v) is 9.47. The lowest BCUT2D eigenvalue weighted by Crippen LogP contribution is -2.65. The molecule has 6 N–H and O–H groups in total. The predicted octanol–water partition coefficient (Wildman–Crippen LogP) is 0.386. The fraction of sp³-hybridized carbons (Fsp3) is 0.381. The number of phenols is 1. The van der Waals surface area contributed by atoms with Gasteiger partial charge in [0.2, 0.25) is 5.78 Å². The van der Waals surface area contributed by atoms with E-state index in [2.05, 4.69) is 0 Å². The summed E-state index contributed by atoms with van der Waals surface area (Å²) >= 11 is 0. The monoisotopic (exact) mass is 450 g/mol. The second-order valence-electron chi connectivity index (χ2n) is 8.27. The average Bonchev–Trinajstić information content (AvgIpc) is 2.64. The number of aromatic hydroxyl groups is 1. The summed E-state index contributed by atoms with van der Waals surface area (Å²) in [5, 5.41) is 43.1. The third-order valence-electron chi connectivity index (χ3n) is 6.46. The highest BCUT2D eigenvalue weighted by molar-refractivity contribution is 6.24. The van der Waals surface area contributed by atoms with Crippen LogP contribution in [0.1, 0.15) is 17.5 Å². The van der Waals surface area contributed by atoms with Crippen molar-refractivity contribution in [2.24, 2.45) is 17.6 Å². The van der Waals surface area contributed by atoms with Gasteiger partial charge >= 0.3 is 0 Å². The van der Waals surface area contributed by atoms with Crippen LogP contribution in [-0.4, -0.2) is 68.5 Å². The topological polar surface area (TPSA) is 161 Å². The van der Waals surface area contributed by atoms with E-state index in [1.807, 2.05) is 0 Å². The van der Waals surface area contributed by atoms with Crippen molar-refractivity contribution in [2.75, 3.05) is 14.1 Å². The molecular formula is C21H23ClN2O7. The lowest BCUT2D eigenvalue weighted by molar-refractivity contribution is -0.153. The molecule has 3 aliphatic carbocycles. The Morgan fingerprint density at radius 2 is 1.84 bits per heavy atom. The van der Waals surface area contributed by atoms with Crippen LogP contribution in [0.25, 0.3) is 5.76 Å². The number of ketones is 2. The molecule has 9 nitrogen and oxygen atoms in total. The second kappa shape index (κ2) is 7.37. The molecule has 10 heteroatoms. The fourth-order valence-corrected chi connectivity index (χ4v) is 5.18. The molecule has 0 radical (unpaired) electrons. The number of carbonyl (C=O) groups excluding carboxylic acids is 3. The number of halogens is 1. The molecule has 1 saturated carbocycles. The zero-order chi connectivity index (χ0) is 22.1. The minimum absolute atomic E-state index is 0. The summed E-state index contributed by atoms with van der Waals surface area (Å²) in [6.07, 6.45) is 0.379. The summed E-state index contributed by atoms with van der Waals surface area (Å²) in [7, 11) is 3.12. The van der Waals surface area contributed by atoms with Crippen molar-refractivity contribution < 1.29 is 34.8 Å².